The number of hydrogen-bond donors (Lipinski definition) is 1. The van der Waals surface area contributed by atoms with Crippen molar-refractivity contribution in [2.75, 3.05) is 0 Å². The Kier molecular flexibility index (Phi) is 2.36. The monoisotopic (exact) mass is 179 g/mol. The fourth-order valence-corrected chi connectivity index (χ4v) is 2.11. The second kappa shape index (κ2) is 3.50. The second-order valence-corrected chi connectivity index (χ2v) is 3.59. The molecule has 3 heteroatoms. The molecule has 0 amide bonds. The van der Waals surface area contributed by atoms with Gasteiger partial charge in [-0.15, -0.1) is 0 Å². The molecule has 3 nitrogen and oxygen atoms in total. The maximum absolute atomic E-state index is 5.73. The summed E-state index contributed by atoms with van der Waals surface area (Å²) in [7, 11) is 0. The number of rotatable bonds is 2. The second-order valence-electron chi connectivity index (χ2n) is 3.59. The first kappa shape index (κ1) is 8.75. The molecule has 0 saturated carbocycles. The Morgan fingerprint density at radius 3 is 3.00 bits per heavy atom. The van der Waals surface area contributed by atoms with E-state index >= 15 is 0 Å². The van der Waals surface area contributed by atoms with E-state index in [4.69, 9.17) is 5.73 Å². The van der Waals surface area contributed by atoms with Crippen LogP contribution >= 0.6 is 0 Å². The van der Waals surface area contributed by atoms with E-state index in [0.29, 0.717) is 6.54 Å². The molecule has 0 aliphatic carbocycles. The molecule has 1 aromatic heterocycles. The molecule has 1 aliphatic rings. The molecular formula is C10H17N3. The molecular weight excluding hydrogens is 162 g/mol. The maximum Gasteiger partial charge on any atom is 0.109 e. The van der Waals surface area contributed by atoms with Crippen LogP contribution in [0.15, 0.2) is 0 Å². The molecule has 72 valence electrons. The van der Waals surface area contributed by atoms with Gasteiger partial charge in [0.15, 0.2) is 0 Å². The maximum atomic E-state index is 5.73. The Hall–Kier alpha value is -0.830. The van der Waals surface area contributed by atoms with E-state index in [0.717, 1.165) is 19.4 Å². The van der Waals surface area contributed by atoms with Gasteiger partial charge in [-0.25, -0.2) is 4.98 Å². The lowest BCUT2D eigenvalue weighted by atomic mass is 10.1. The zero-order chi connectivity index (χ0) is 9.26. The van der Waals surface area contributed by atoms with E-state index in [2.05, 4.69) is 16.5 Å². The van der Waals surface area contributed by atoms with Gasteiger partial charge in [0.2, 0.25) is 0 Å². The molecule has 0 saturated heterocycles. The van der Waals surface area contributed by atoms with Crippen LogP contribution in [0.1, 0.15) is 37.0 Å². The summed E-state index contributed by atoms with van der Waals surface area (Å²) in [5.74, 6) is 1.25. The molecule has 0 spiro atoms. The van der Waals surface area contributed by atoms with Gasteiger partial charge in [0.05, 0.1) is 11.4 Å². The van der Waals surface area contributed by atoms with Crippen LogP contribution < -0.4 is 5.73 Å². The lowest BCUT2D eigenvalue weighted by Gasteiger charge is -2.15. The van der Waals surface area contributed by atoms with Crippen LogP contribution in [0.3, 0.4) is 0 Å². The third-order valence-electron chi connectivity index (χ3n) is 2.79. The van der Waals surface area contributed by atoms with Crippen LogP contribution in [-0.4, -0.2) is 9.55 Å². The summed E-state index contributed by atoms with van der Waals surface area (Å²) in [6.07, 6.45) is 4.70. The highest BCUT2D eigenvalue weighted by Crippen LogP contribution is 2.19. The number of nitrogens with zero attached hydrogens (tertiary/aromatic N) is 2. The van der Waals surface area contributed by atoms with Gasteiger partial charge in [0.25, 0.3) is 0 Å². The van der Waals surface area contributed by atoms with Gasteiger partial charge in [-0.2, -0.15) is 0 Å². The zero-order valence-electron chi connectivity index (χ0n) is 8.21. The Balaban J connectivity index is 2.44. The minimum absolute atomic E-state index is 0.635. The van der Waals surface area contributed by atoms with Crippen molar-refractivity contribution in [3.63, 3.8) is 0 Å². The number of aromatic nitrogens is 2. The SMILES string of the molecule is CCc1nc2n(c1CN)CCCC2. The van der Waals surface area contributed by atoms with E-state index in [1.165, 1.54) is 30.1 Å². The number of imidazole rings is 1. The summed E-state index contributed by atoms with van der Waals surface area (Å²) < 4.78 is 2.32. The first-order chi connectivity index (χ1) is 6.36. The molecule has 0 bridgehead atoms. The summed E-state index contributed by atoms with van der Waals surface area (Å²) in [4.78, 5) is 4.62. The lowest BCUT2D eigenvalue weighted by molar-refractivity contribution is 0.508. The molecule has 1 aliphatic heterocycles. The molecule has 2 N–H and O–H groups in total. The highest BCUT2D eigenvalue weighted by molar-refractivity contribution is 5.18. The van der Waals surface area contributed by atoms with Gasteiger partial charge < -0.3 is 10.3 Å². The molecule has 0 unspecified atom stereocenters. The van der Waals surface area contributed by atoms with Crippen LogP contribution in [0.25, 0.3) is 0 Å². The quantitative estimate of drug-likeness (QED) is 0.742. The summed E-state index contributed by atoms with van der Waals surface area (Å²) in [6.45, 7) is 3.90. The van der Waals surface area contributed by atoms with Crippen molar-refractivity contribution in [2.24, 2.45) is 5.73 Å². The standard InChI is InChI=1S/C10H17N3/c1-2-8-9(7-11)13-6-4-3-5-10(13)12-8/h2-7,11H2,1H3. The zero-order valence-corrected chi connectivity index (χ0v) is 8.21. The topological polar surface area (TPSA) is 43.8 Å². The van der Waals surface area contributed by atoms with Crippen molar-refractivity contribution in [3.05, 3.63) is 17.2 Å². The predicted octanol–water partition coefficient (Wildman–Crippen LogP) is 1.24. The third kappa shape index (κ3) is 1.37. The van der Waals surface area contributed by atoms with Crippen LogP contribution in [0.5, 0.6) is 0 Å². The van der Waals surface area contributed by atoms with E-state index in [9.17, 15) is 0 Å². The molecule has 1 aromatic rings. The van der Waals surface area contributed by atoms with Crippen LogP contribution in [0.4, 0.5) is 0 Å². The van der Waals surface area contributed by atoms with Crippen LogP contribution in [0.2, 0.25) is 0 Å². The highest BCUT2D eigenvalue weighted by atomic mass is 15.1. The fourth-order valence-electron chi connectivity index (χ4n) is 2.11. The number of hydrogen-bond acceptors (Lipinski definition) is 2. The molecule has 13 heavy (non-hydrogen) atoms. The number of aryl methyl sites for hydroxylation is 2. The van der Waals surface area contributed by atoms with E-state index in [1.807, 2.05) is 0 Å². The molecule has 0 aromatic carbocycles. The summed E-state index contributed by atoms with van der Waals surface area (Å²) in [6, 6.07) is 0. The number of fused-ring (bicyclic) bond motifs is 1. The largest absolute Gasteiger partial charge is 0.331 e. The van der Waals surface area contributed by atoms with Gasteiger partial charge in [-0.3, -0.25) is 0 Å². The van der Waals surface area contributed by atoms with E-state index < -0.39 is 0 Å². The van der Waals surface area contributed by atoms with Gasteiger partial charge in [0.1, 0.15) is 5.82 Å². The van der Waals surface area contributed by atoms with Crippen molar-refractivity contribution < 1.29 is 0 Å². The van der Waals surface area contributed by atoms with Crippen molar-refractivity contribution >= 4 is 0 Å². The third-order valence-corrected chi connectivity index (χ3v) is 2.79. The summed E-state index contributed by atoms with van der Waals surface area (Å²) in [5, 5.41) is 0. The van der Waals surface area contributed by atoms with Crippen molar-refractivity contribution in [3.8, 4) is 0 Å². The Morgan fingerprint density at radius 1 is 1.46 bits per heavy atom. The molecule has 0 fully saturated rings. The summed E-state index contributed by atoms with van der Waals surface area (Å²) in [5.41, 5.74) is 8.20. The van der Waals surface area contributed by atoms with Crippen molar-refractivity contribution in [2.45, 2.75) is 45.7 Å². The van der Waals surface area contributed by atoms with Gasteiger partial charge >= 0.3 is 0 Å². The smallest absolute Gasteiger partial charge is 0.109 e. The molecule has 0 atom stereocenters. The van der Waals surface area contributed by atoms with Gasteiger partial charge in [0, 0.05) is 19.5 Å². The Bertz CT molecular complexity index is 291. The lowest BCUT2D eigenvalue weighted by Crippen LogP contribution is -2.15. The van der Waals surface area contributed by atoms with Crippen molar-refractivity contribution in [1.29, 1.82) is 0 Å². The highest BCUT2D eigenvalue weighted by Gasteiger charge is 2.16. The van der Waals surface area contributed by atoms with E-state index in [1.54, 1.807) is 0 Å². The first-order valence-corrected chi connectivity index (χ1v) is 5.14. The van der Waals surface area contributed by atoms with Crippen LogP contribution in [-0.2, 0) is 25.9 Å². The normalized spacial score (nSPS) is 15.8. The first-order valence-electron chi connectivity index (χ1n) is 5.14. The molecule has 0 radical (unpaired) electrons. The molecule has 2 rings (SSSR count). The number of nitrogens with two attached hydrogens (primary N) is 1. The minimum Gasteiger partial charge on any atom is -0.331 e. The summed E-state index contributed by atoms with van der Waals surface area (Å²) >= 11 is 0. The molecule has 2 heterocycles. The Labute approximate surface area is 79.0 Å². The average Bonchev–Trinajstić information content (AvgIpc) is 2.55. The van der Waals surface area contributed by atoms with Gasteiger partial charge in [-0.05, 0) is 19.3 Å². The minimum atomic E-state index is 0.635. The fraction of sp³-hybridized carbons (Fsp3) is 0.700. The van der Waals surface area contributed by atoms with Crippen LogP contribution in [0, 0.1) is 0 Å². The predicted molar refractivity (Wildman–Crippen MR) is 52.4 cm³/mol. The van der Waals surface area contributed by atoms with E-state index in [-0.39, 0.29) is 0 Å². The van der Waals surface area contributed by atoms with Gasteiger partial charge in [-0.1, -0.05) is 6.92 Å². The Morgan fingerprint density at radius 2 is 2.31 bits per heavy atom. The average molecular weight is 179 g/mol. The van der Waals surface area contributed by atoms with Crippen molar-refractivity contribution in [1.82, 2.24) is 9.55 Å².